The molecule has 0 spiro atoms. The van der Waals surface area contributed by atoms with Crippen LogP contribution in [-0.4, -0.2) is 17.7 Å². The molecule has 2 heterocycles. The molecule has 0 amide bonds. The van der Waals surface area contributed by atoms with Gasteiger partial charge in [-0.2, -0.15) is 0 Å². The van der Waals surface area contributed by atoms with Crippen LogP contribution in [0, 0.1) is 0 Å². The summed E-state index contributed by atoms with van der Waals surface area (Å²) in [5, 5.41) is 2.27. The van der Waals surface area contributed by atoms with Gasteiger partial charge in [0.2, 0.25) is 0 Å². The number of aryl methyl sites for hydroxylation is 2. The van der Waals surface area contributed by atoms with Crippen LogP contribution in [0.4, 0.5) is 11.4 Å². The van der Waals surface area contributed by atoms with Crippen molar-refractivity contribution in [1.82, 2.24) is 4.57 Å². The van der Waals surface area contributed by atoms with E-state index in [2.05, 4.69) is 70.9 Å². The summed E-state index contributed by atoms with van der Waals surface area (Å²) in [5.41, 5.74) is 4.31. The molecular formula is C31H37Cl4N4+. The van der Waals surface area contributed by atoms with E-state index < -0.39 is 0 Å². The van der Waals surface area contributed by atoms with Gasteiger partial charge in [0.05, 0.1) is 44.6 Å². The van der Waals surface area contributed by atoms with Gasteiger partial charge < -0.3 is 9.80 Å². The normalized spacial score (nSPS) is 13.3. The van der Waals surface area contributed by atoms with Crippen LogP contribution >= 0.6 is 46.4 Å². The average Bonchev–Trinajstić information content (AvgIpc) is 3.39. The SMILES string of the molecule is CC.CCN1C(=C/C=C/C=C/C=C/c2n(CC)c3cc(Cl)c(Cl)cc3[n+]2CC)N(CC)c2cc(Cl)c(Cl)cc21. The molecule has 0 atom stereocenters. The molecule has 39 heavy (non-hydrogen) atoms. The zero-order chi connectivity index (χ0) is 28.7. The van der Waals surface area contributed by atoms with Gasteiger partial charge in [0.1, 0.15) is 5.82 Å². The Morgan fingerprint density at radius 3 is 1.72 bits per heavy atom. The third kappa shape index (κ3) is 6.36. The molecule has 1 aliphatic rings. The van der Waals surface area contributed by atoms with E-state index >= 15 is 0 Å². The summed E-state index contributed by atoms with van der Waals surface area (Å²) in [6, 6.07) is 7.78. The van der Waals surface area contributed by atoms with E-state index in [0.717, 1.165) is 60.2 Å². The highest BCUT2D eigenvalue weighted by Gasteiger charge is 2.30. The van der Waals surface area contributed by atoms with E-state index in [1.807, 2.05) is 56.3 Å². The molecule has 8 heteroatoms. The maximum atomic E-state index is 6.31. The predicted molar refractivity (Wildman–Crippen MR) is 173 cm³/mol. The molecule has 0 saturated heterocycles. The van der Waals surface area contributed by atoms with E-state index in [-0.39, 0.29) is 0 Å². The second-order valence-corrected chi connectivity index (χ2v) is 10.1. The Hall–Kier alpha value is -2.37. The van der Waals surface area contributed by atoms with Gasteiger partial charge in [0.15, 0.2) is 11.0 Å². The topological polar surface area (TPSA) is 15.3 Å². The molecule has 3 aromatic rings. The fraction of sp³-hybridized carbons (Fsp3) is 0.323. The zero-order valence-corrected chi connectivity index (χ0v) is 26.5. The summed E-state index contributed by atoms with van der Waals surface area (Å²) in [7, 11) is 0. The molecule has 208 valence electrons. The van der Waals surface area contributed by atoms with E-state index in [9.17, 15) is 0 Å². The van der Waals surface area contributed by atoms with Gasteiger partial charge in [-0.1, -0.05) is 90.6 Å². The highest BCUT2D eigenvalue weighted by Crippen LogP contribution is 2.45. The fourth-order valence-corrected chi connectivity index (χ4v) is 5.50. The number of halogens is 4. The quantitative estimate of drug-likeness (QED) is 0.187. The summed E-state index contributed by atoms with van der Waals surface area (Å²) in [4.78, 5) is 4.50. The Labute approximate surface area is 253 Å². The number of anilines is 2. The van der Waals surface area contributed by atoms with E-state index in [0.29, 0.717) is 20.1 Å². The van der Waals surface area contributed by atoms with Crippen molar-refractivity contribution in [2.75, 3.05) is 22.9 Å². The number of benzene rings is 2. The Kier molecular flexibility index (Phi) is 11.4. The molecule has 0 bridgehead atoms. The maximum Gasteiger partial charge on any atom is 0.282 e. The number of nitrogens with zero attached hydrogens (tertiary/aromatic N) is 4. The van der Waals surface area contributed by atoms with Gasteiger partial charge in [0, 0.05) is 31.3 Å². The van der Waals surface area contributed by atoms with Crippen LogP contribution in [0.1, 0.15) is 47.4 Å². The van der Waals surface area contributed by atoms with Crippen molar-refractivity contribution in [2.45, 2.75) is 54.6 Å². The third-order valence-electron chi connectivity index (χ3n) is 6.50. The molecule has 2 aromatic carbocycles. The first-order valence-corrected chi connectivity index (χ1v) is 15.0. The number of imidazole rings is 1. The number of fused-ring (bicyclic) bond motifs is 2. The monoisotopic (exact) mass is 605 g/mol. The van der Waals surface area contributed by atoms with Gasteiger partial charge in [-0.05, 0) is 45.9 Å². The summed E-state index contributed by atoms with van der Waals surface area (Å²) in [6.07, 6.45) is 14.4. The number of allylic oxidation sites excluding steroid dienone is 6. The van der Waals surface area contributed by atoms with Crippen molar-refractivity contribution < 1.29 is 4.57 Å². The van der Waals surface area contributed by atoms with Crippen LogP contribution in [0.15, 0.2) is 66.5 Å². The molecule has 0 radical (unpaired) electrons. The van der Waals surface area contributed by atoms with Crippen molar-refractivity contribution in [3.8, 4) is 0 Å². The molecule has 4 nitrogen and oxygen atoms in total. The molecule has 4 rings (SSSR count). The molecule has 0 saturated carbocycles. The molecule has 0 fully saturated rings. The van der Waals surface area contributed by atoms with Crippen LogP contribution in [-0.2, 0) is 13.1 Å². The molecular weight excluding hydrogens is 570 g/mol. The smallest absolute Gasteiger partial charge is 0.282 e. The lowest BCUT2D eigenvalue weighted by Crippen LogP contribution is -2.35. The predicted octanol–water partition coefficient (Wildman–Crippen LogP) is 9.94. The summed E-state index contributed by atoms with van der Waals surface area (Å²) in [6.45, 7) is 15.9. The number of rotatable bonds is 8. The van der Waals surface area contributed by atoms with Crippen LogP contribution < -0.4 is 14.4 Å². The van der Waals surface area contributed by atoms with Crippen molar-refractivity contribution in [1.29, 1.82) is 0 Å². The van der Waals surface area contributed by atoms with Crippen LogP contribution in [0.25, 0.3) is 17.1 Å². The third-order valence-corrected chi connectivity index (χ3v) is 7.95. The van der Waals surface area contributed by atoms with Gasteiger partial charge in [-0.3, -0.25) is 0 Å². The van der Waals surface area contributed by atoms with E-state index in [1.54, 1.807) is 0 Å². The second-order valence-electron chi connectivity index (χ2n) is 8.50. The minimum absolute atomic E-state index is 0.569. The molecule has 0 aliphatic carbocycles. The first-order valence-electron chi connectivity index (χ1n) is 13.5. The first-order chi connectivity index (χ1) is 18.9. The summed E-state index contributed by atoms with van der Waals surface area (Å²) in [5.74, 6) is 2.21. The van der Waals surface area contributed by atoms with Crippen LogP contribution in [0.3, 0.4) is 0 Å². The first kappa shape index (κ1) is 31.2. The van der Waals surface area contributed by atoms with Gasteiger partial charge in [-0.15, -0.1) is 0 Å². The Morgan fingerprint density at radius 1 is 0.667 bits per heavy atom. The molecule has 0 N–H and O–H groups in total. The van der Waals surface area contributed by atoms with Gasteiger partial charge in [0.25, 0.3) is 5.82 Å². The largest absolute Gasteiger partial charge is 0.326 e. The number of aromatic nitrogens is 2. The Morgan fingerprint density at radius 2 is 1.18 bits per heavy atom. The second kappa shape index (κ2) is 14.3. The Bertz CT molecular complexity index is 1350. The highest BCUT2D eigenvalue weighted by atomic mass is 35.5. The lowest BCUT2D eigenvalue weighted by Gasteiger charge is -2.23. The standard InChI is InChI=1S/C29H31Cl4N4.C2H6/c1-5-34-24-16-20(30)21(31)17-25(24)35(6-2)28(34)14-12-10-9-11-13-15-29-36(7-3)26-18-22(32)23(33)19-27(26)37(29)8-4;1-2/h9-19H,5-8H2,1-4H3;1-2H3/q+1;. The number of hydrogen-bond donors (Lipinski definition) is 0. The van der Waals surface area contributed by atoms with Crippen LogP contribution in [0.5, 0.6) is 0 Å². The highest BCUT2D eigenvalue weighted by molar-refractivity contribution is 6.43. The van der Waals surface area contributed by atoms with Crippen LogP contribution in [0.2, 0.25) is 20.1 Å². The van der Waals surface area contributed by atoms with E-state index in [4.69, 9.17) is 46.4 Å². The van der Waals surface area contributed by atoms with Crippen molar-refractivity contribution >= 4 is 74.9 Å². The fourth-order valence-electron chi connectivity index (χ4n) is 4.87. The minimum Gasteiger partial charge on any atom is -0.326 e. The number of hydrogen-bond acceptors (Lipinski definition) is 2. The Balaban J connectivity index is 0.00000205. The van der Waals surface area contributed by atoms with E-state index in [1.165, 1.54) is 0 Å². The van der Waals surface area contributed by atoms with Crippen molar-refractivity contribution in [3.63, 3.8) is 0 Å². The molecule has 1 aromatic heterocycles. The zero-order valence-electron chi connectivity index (χ0n) is 23.5. The maximum absolute atomic E-state index is 6.31. The minimum atomic E-state index is 0.569. The average molecular weight is 607 g/mol. The van der Waals surface area contributed by atoms with Crippen molar-refractivity contribution in [2.24, 2.45) is 0 Å². The van der Waals surface area contributed by atoms with Gasteiger partial charge >= 0.3 is 0 Å². The van der Waals surface area contributed by atoms with Crippen molar-refractivity contribution in [3.05, 3.63) is 92.5 Å². The lowest BCUT2D eigenvalue weighted by atomic mass is 10.2. The molecule has 0 unspecified atom stereocenters. The molecule has 1 aliphatic heterocycles. The summed E-state index contributed by atoms with van der Waals surface area (Å²) < 4.78 is 4.50. The summed E-state index contributed by atoms with van der Waals surface area (Å²) >= 11 is 25.2. The lowest BCUT2D eigenvalue weighted by molar-refractivity contribution is -0.670. The van der Waals surface area contributed by atoms with Gasteiger partial charge in [-0.25, -0.2) is 9.13 Å².